The second kappa shape index (κ2) is 5.87. The molecule has 3 unspecified atom stereocenters. The largest absolute Gasteiger partial charge is 0.393 e. The third-order valence-corrected chi connectivity index (χ3v) is 4.89. The van der Waals surface area contributed by atoms with Gasteiger partial charge in [0.2, 0.25) is 0 Å². The minimum atomic E-state index is -0.0498. The smallest absolute Gasteiger partial charge is 0.0594 e. The van der Waals surface area contributed by atoms with Crippen molar-refractivity contribution in [2.45, 2.75) is 50.3 Å². The van der Waals surface area contributed by atoms with Gasteiger partial charge >= 0.3 is 0 Å². The number of hydrogen-bond donors (Lipinski definition) is 1. The van der Waals surface area contributed by atoms with Crippen LogP contribution >= 0.6 is 0 Å². The summed E-state index contributed by atoms with van der Waals surface area (Å²) in [7, 11) is 0. The summed E-state index contributed by atoms with van der Waals surface area (Å²) in [6.07, 6.45) is 5.74. The Morgan fingerprint density at radius 3 is 2.50 bits per heavy atom. The van der Waals surface area contributed by atoms with Crippen molar-refractivity contribution in [3.05, 3.63) is 0 Å². The highest BCUT2D eigenvalue weighted by Crippen LogP contribution is 2.27. The quantitative estimate of drug-likeness (QED) is 0.787. The lowest BCUT2D eigenvalue weighted by Crippen LogP contribution is -2.46. The van der Waals surface area contributed by atoms with Crippen molar-refractivity contribution < 1.29 is 9.84 Å². The highest BCUT2D eigenvalue weighted by atomic mass is 16.5. The predicted octanol–water partition coefficient (Wildman–Crippen LogP) is 0.696. The summed E-state index contributed by atoms with van der Waals surface area (Å²) in [4.78, 5) is 5.23. The number of rotatable bonds is 2. The van der Waals surface area contributed by atoms with Crippen LogP contribution in [0.25, 0.3) is 0 Å². The zero-order valence-electron chi connectivity index (χ0n) is 11.3. The first-order valence-corrected chi connectivity index (χ1v) is 7.57. The van der Waals surface area contributed by atoms with Crippen LogP contribution in [0.3, 0.4) is 0 Å². The molecule has 2 aliphatic heterocycles. The standard InChI is InChI=1S/C14H26N2O2/c17-14-3-1-2-12(10-14)16-5-4-13(11-16)15-6-8-18-9-7-15/h12-14,17H,1-11H2. The van der Waals surface area contributed by atoms with Gasteiger partial charge in [-0.3, -0.25) is 9.80 Å². The molecule has 0 bridgehead atoms. The summed E-state index contributed by atoms with van der Waals surface area (Å²) in [5.41, 5.74) is 0. The van der Waals surface area contributed by atoms with Crippen LogP contribution in [0.1, 0.15) is 32.1 Å². The van der Waals surface area contributed by atoms with Gasteiger partial charge in [0.05, 0.1) is 19.3 Å². The average Bonchev–Trinajstić information content (AvgIpc) is 2.89. The van der Waals surface area contributed by atoms with Crippen LogP contribution in [-0.4, -0.2) is 72.5 Å². The molecule has 1 aliphatic carbocycles. The fourth-order valence-corrected chi connectivity index (χ4v) is 3.81. The summed E-state index contributed by atoms with van der Waals surface area (Å²) in [6.45, 7) is 6.44. The molecular formula is C14H26N2O2. The van der Waals surface area contributed by atoms with Gasteiger partial charge in [0.15, 0.2) is 0 Å². The van der Waals surface area contributed by atoms with Crippen molar-refractivity contribution in [3.63, 3.8) is 0 Å². The Balaban J connectivity index is 1.51. The highest BCUT2D eigenvalue weighted by molar-refractivity contribution is 4.90. The van der Waals surface area contributed by atoms with Gasteiger partial charge in [-0.1, -0.05) is 0 Å². The molecule has 4 nitrogen and oxygen atoms in total. The Bertz CT molecular complexity index is 269. The molecule has 0 aromatic heterocycles. The van der Waals surface area contributed by atoms with Gasteiger partial charge in [-0.15, -0.1) is 0 Å². The van der Waals surface area contributed by atoms with E-state index >= 15 is 0 Å². The first kappa shape index (κ1) is 12.9. The maximum Gasteiger partial charge on any atom is 0.0594 e. The molecule has 3 atom stereocenters. The maximum absolute atomic E-state index is 9.80. The number of aliphatic hydroxyl groups excluding tert-OH is 1. The van der Waals surface area contributed by atoms with Gasteiger partial charge in [0, 0.05) is 38.3 Å². The first-order valence-electron chi connectivity index (χ1n) is 7.57. The minimum absolute atomic E-state index is 0.0498. The summed E-state index contributed by atoms with van der Waals surface area (Å²) in [6, 6.07) is 1.37. The lowest BCUT2D eigenvalue weighted by atomic mass is 9.92. The number of ether oxygens (including phenoxy) is 1. The number of nitrogens with zero attached hydrogens (tertiary/aromatic N) is 2. The second-order valence-electron chi connectivity index (χ2n) is 6.06. The van der Waals surface area contributed by atoms with Crippen molar-refractivity contribution in [2.75, 3.05) is 39.4 Å². The number of aliphatic hydroxyl groups is 1. The van der Waals surface area contributed by atoms with E-state index in [9.17, 15) is 5.11 Å². The average molecular weight is 254 g/mol. The van der Waals surface area contributed by atoms with Crippen LogP contribution < -0.4 is 0 Å². The minimum Gasteiger partial charge on any atom is -0.393 e. The van der Waals surface area contributed by atoms with E-state index in [-0.39, 0.29) is 6.10 Å². The highest BCUT2D eigenvalue weighted by Gasteiger charge is 2.34. The van der Waals surface area contributed by atoms with Crippen LogP contribution in [0.2, 0.25) is 0 Å². The third kappa shape index (κ3) is 2.87. The van der Waals surface area contributed by atoms with E-state index in [1.807, 2.05) is 0 Å². The molecule has 2 heterocycles. The van der Waals surface area contributed by atoms with Crippen LogP contribution in [0.15, 0.2) is 0 Å². The summed E-state index contributed by atoms with van der Waals surface area (Å²) in [5, 5.41) is 9.80. The molecule has 0 radical (unpaired) electrons. The molecule has 0 amide bonds. The molecule has 0 spiro atoms. The van der Waals surface area contributed by atoms with E-state index in [4.69, 9.17) is 4.74 Å². The molecule has 18 heavy (non-hydrogen) atoms. The van der Waals surface area contributed by atoms with Gasteiger partial charge in [-0.05, 0) is 32.1 Å². The van der Waals surface area contributed by atoms with Crippen molar-refractivity contribution in [1.82, 2.24) is 9.80 Å². The molecule has 104 valence electrons. The van der Waals surface area contributed by atoms with Crippen LogP contribution in [0, 0.1) is 0 Å². The number of morpholine rings is 1. The summed E-state index contributed by atoms with van der Waals surface area (Å²) < 4.78 is 5.43. The number of hydrogen-bond acceptors (Lipinski definition) is 4. The first-order chi connectivity index (χ1) is 8.83. The Kier molecular flexibility index (Phi) is 4.19. The zero-order chi connectivity index (χ0) is 12.4. The van der Waals surface area contributed by atoms with Crippen LogP contribution in [0.5, 0.6) is 0 Å². The van der Waals surface area contributed by atoms with E-state index in [0.717, 1.165) is 45.2 Å². The Labute approximate surface area is 110 Å². The van der Waals surface area contributed by atoms with Gasteiger partial charge in [0.1, 0.15) is 0 Å². The van der Waals surface area contributed by atoms with Crippen molar-refractivity contribution in [2.24, 2.45) is 0 Å². The van der Waals surface area contributed by atoms with Crippen molar-refractivity contribution in [3.8, 4) is 0 Å². The zero-order valence-corrected chi connectivity index (χ0v) is 11.3. The van der Waals surface area contributed by atoms with Crippen molar-refractivity contribution in [1.29, 1.82) is 0 Å². The second-order valence-corrected chi connectivity index (χ2v) is 6.06. The molecule has 3 fully saturated rings. The van der Waals surface area contributed by atoms with Crippen molar-refractivity contribution >= 4 is 0 Å². The SMILES string of the molecule is OC1CCCC(N2CCC(N3CCOCC3)C2)C1. The van der Waals surface area contributed by atoms with Crippen LogP contribution in [0.4, 0.5) is 0 Å². The molecule has 1 N–H and O–H groups in total. The van der Waals surface area contributed by atoms with Gasteiger partial charge in [-0.25, -0.2) is 0 Å². The Morgan fingerprint density at radius 2 is 1.72 bits per heavy atom. The molecule has 0 aromatic carbocycles. The van der Waals surface area contributed by atoms with E-state index in [0.29, 0.717) is 6.04 Å². The van der Waals surface area contributed by atoms with Gasteiger partial charge in [0.25, 0.3) is 0 Å². The lowest BCUT2D eigenvalue weighted by Gasteiger charge is -2.35. The molecular weight excluding hydrogens is 228 g/mol. The van der Waals surface area contributed by atoms with Gasteiger partial charge in [-0.2, -0.15) is 0 Å². The van der Waals surface area contributed by atoms with Gasteiger partial charge < -0.3 is 9.84 Å². The topological polar surface area (TPSA) is 35.9 Å². The molecule has 1 saturated carbocycles. The summed E-state index contributed by atoms with van der Waals surface area (Å²) in [5.74, 6) is 0. The fraction of sp³-hybridized carbons (Fsp3) is 1.00. The summed E-state index contributed by atoms with van der Waals surface area (Å²) >= 11 is 0. The van der Waals surface area contributed by atoms with E-state index in [2.05, 4.69) is 9.80 Å². The number of likely N-dealkylation sites (tertiary alicyclic amines) is 1. The Morgan fingerprint density at radius 1 is 0.889 bits per heavy atom. The van der Waals surface area contributed by atoms with E-state index in [1.54, 1.807) is 0 Å². The molecule has 3 rings (SSSR count). The van der Waals surface area contributed by atoms with Crippen LogP contribution in [-0.2, 0) is 4.74 Å². The molecule has 4 heteroatoms. The molecule has 3 aliphatic rings. The van der Waals surface area contributed by atoms with E-state index < -0.39 is 0 Å². The monoisotopic (exact) mass is 254 g/mol. The molecule has 2 saturated heterocycles. The normalized spacial score (nSPS) is 40.2. The predicted molar refractivity (Wildman–Crippen MR) is 70.6 cm³/mol. The third-order valence-electron chi connectivity index (χ3n) is 4.89. The fourth-order valence-electron chi connectivity index (χ4n) is 3.81. The lowest BCUT2D eigenvalue weighted by molar-refractivity contribution is 0.0152. The maximum atomic E-state index is 9.80. The Hall–Kier alpha value is -0.160. The van der Waals surface area contributed by atoms with E-state index in [1.165, 1.54) is 32.4 Å². The molecule has 0 aromatic rings.